The van der Waals surface area contributed by atoms with Gasteiger partial charge >= 0.3 is 17.9 Å². The van der Waals surface area contributed by atoms with Crippen molar-refractivity contribution in [1.29, 1.82) is 0 Å². The van der Waals surface area contributed by atoms with Crippen LogP contribution in [0.4, 0.5) is 0 Å². The number of hydrogen-bond acceptors (Lipinski definition) is 18. The molecule has 4 aliphatic rings. The molecule has 30 nitrogen and oxygen atoms in total. The van der Waals surface area contributed by atoms with Crippen LogP contribution in [0.5, 0.6) is 0 Å². The fraction of sp³-hybridized carbons (Fsp3) is 0.778. The number of aliphatic carboxylic acids is 2. The zero-order valence-corrected chi connectivity index (χ0v) is 48.2. The van der Waals surface area contributed by atoms with Gasteiger partial charge in [-0.05, 0) is 70.6 Å². The Bertz CT molecular complexity index is 2320. The van der Waals surface area contributed by atoms with E-state index in [4.69, 9.17) is 16.2 Å². The first-order valence-corrected chi connectivity index (χ1v) is 29.3. The monoisotopic (exact) mass is 1200 g/mol. The SMILES string of the molecule is CC(C)CCCCCCCCCCCCC1CC(=O)NC(C(C)O)C(=O)N2CCCC2C(=O)N2CCCC2C(=O)NC(CCCN=C(N)N)C(=O)NC(C(O)C(=O)O)C(=O)NC(CO)C(=O)N2CCC(O)C2C(=O)NC(C(O)C(=O)O)C(=O)O1. The summed E-state index contributed by atoms with van der Waals surface area (Å²) < 4.78 is 5.68. The first-order valence-electron chi connectivity index (χ1n) is 29.3. The van der Waals surface area contributed by atoms with Gasteiger partial charge in [0.15, 0.2) is 24.2 Å². The molecule has 13 unspecified atom stereocenters. The van der Waals surface area contributed by atoms with Crippen molar-refractivity contribution in [3.05, 3.63) is 0 Å². The van der Waals surface area contributed by atoms with Crippen molar-refractivity contribution in [2.45, 2.75) is 228 Å². The van der Waals surface area contributed by atoms with E-state index >= 15 is 0 Å². The quantitative estimate of drug-likeness (QED) is 0.0203. The molecule has 4 aliphatic heterocycles. The highest BCUT2D eigenvalue weighted by Crippen LogP contribution is 2.27. The molecule has 0 saturated carbocycles. The number of aliphatic hydroxyl groups is 5. The molecule has 0 spiro atoms. The molecule has 84 heavy (non-hydrogen) atoms. The summed E-state index contributed by atoms with van der Waals surface area (Å²) in [5.74, 6) is -14.4. The van der Waals surface area contributed by atoms with Crippen molar-refractivity contribution < 1.29 is 93.2 Å². The van der Waals surface area contributed by atoms with E-state index in [1.165, 1.54) is 31.1 Å². The fourth-order valence-electron chi connectivity index (χ4n) is 10.9. The largest absolute Gasteiger partial charge is 0.479 e. The summed E-state index contributed by atoms with van der Waals surface area (Å²) in [5.41, 5.74) is 10.9. The summed E-state index contributed by atoms with van der Waals surface area (Å²) >= 11 is 0. The Morgan fingerprint density at radius 2 is 1.14 bits per heavy atom. The third kappa shape index (κ3) is 20.5. The van der Waals surface area contributed by atoms with E-state index in [0.29, 0.717) is 23.7 Å². The molecule has 0 bridgehead atoms. The number of amides is 8. The van der Waals surface area contributed by atoms with Crippen molar-refractivity contribution in [2.24, 2.45) is 22.4 Å². The van der Waals surface area contributed by atoms with Gasteiger partial charge in [-0.15, -0.1) is 0 Å². The zero-order chi connectivity index (χ0) is 62.4. The van der Waals surface area contributed by atoms with Gasteiger partial charge in [0.2, 0.25) is 47.3 Å². The molecule has 0 aromatic rings. The summed E-state index contributed by atoms with van der Waals surface area (Å²) in [7, 11) is 0. The number of ether oxygens (including phenoxy) is 1. The number of aliphatic hydroxyl groups excluding tert-OH is 5. The molecule has 0 aromatic heterocycles. The number of carbonyl (C=O) groups excluding carboxylic acids is 9. The minimum absolute atomic E-state index is 0.00905. The van der Waals surface area contributed by atoms with E-state index in [-0.39, 0.29) is 77.0 Å². The number of carboxylic acid groups (broad SMARTS) is 2. The molecule has 0 aromatic carbocycles. The van der Waals surface area contributed by atoms with Gasteiger partial charge in [0.1, 0.15) is 48.4 Å². The molecule has 0 radical (unpaired) electrons. The van der Waals surface area contributed by atoms with Gasteiger partial charge in [0.25, 0.3) is 0 Å². The molecule has 474 valence electrons. The first-order chi connectivity index (χ1) is 39.8. The Morgan fingerprint density at radius 3 is 1.71 bits per heavy atom. The van der Waals surface area contributed by atoms with E-state index in [9.17, 15) is 88.5 Å². The predicted octanol–water partition coefficient (Wildman–Crippen LogP) is -3.68. The predicted molar refractivity (Wildman–Crippen MR) is 296 cm³/mol. The number of rotatable bonds is 23. The molecule has 30 heteroatoms. The summed E-state index contributed by atoms with van der Waals surface area (Å²) in [6.07, 6.45) is -0.650. The Balaban J connectivity index is 1.73. The number of nitrogens with two attached hydrogens (primary N) is 2. The second-order valence-corrected chi connectivity index (χ2v) is 22.6. The van der Waals surface area contributed by atoms with Crippen LogP contribution in [0.3, 0.4) is 0 Å². The number of carboxylic acids is 2. The number of aliphatic imine (C=N–C) groups is 1. The molecule has 8 amide bonds. The van der Waals surface area contributed by atoms with E-state index in [2.05, 4.69) is 34.8 Å². The van der Waals surface area contributed by atoms with Crippen LogP contribution in [-0.4, -0.2) is 233 Å². The molecule has 4 saturated heterocycles. The number of esters is 1. The molecule has 4 rings (SSSR count). The van der Waals surface area contributed by atoms with Crippen molar-refractivity contribution in [1.82, 2.24) is 41.3 Å². The first kappa shape index (κ1) is 69.7. The Hall–Kier alpha value is -6.76. The average Bonchev–Trinajstić information content (AvgIpc) is 3.00. The van der Waals surface area contributed by atoms with E-state index in [1.807, 2.05) is 10.6 Å². The van der Waals surface area contributed by atoms with Crippen LogP contribution in [0.1, 0.15) is 149 Å². The highest BCUT2D eigenvalue weighted by molar-refractivity contribution is 6.00. The Labute approximate surface area is 487 Å². The molecule has 0 aliphatic carbocycles. The van der Waals surface area contributed by atoms with Gasteiger partial charge < -0.3 is 93.2 Å². The van der Waals surface area contributed by atoms with Gasteiger partial charge in [-0.2, -0.15) is 0 Å². The lowest BCUT2D eigenvalue weighted by Crippen LogP contribution is -2.64. The Morgan fingerprint density at radius 1 is 0.595 bits per heavy atom. The summed E-state index contributed by atoms with van der Waals surface area (Å²) in [6.45, 7) is 3.71. The van der Waals surface area contributed by atoms with Crippen molar-refractivity contribution in [2.75, 3.05) is 32.8 Å². The van der Waals surface area contributed by atoms with Crippen molar-refractivity contribution >= 4 is 71.1 Å². The fourth-order valence-corrected chi connectivity index (χ4v) is 10.9. The minimum atomic E-state index is -2.76. The number of carbonyl (C=O) groups is 11. The second kappa shape index (κ2) is 34.3. The van der Waals surface area contributed by atoms with Crippen LogP contribution in [0.15, 0.2) is 4.99 Å². The normalized spacial score (nSPS) is 27.6. The maximum absolute atomic E-state index is 14.5. The van der Waals surface area contributed by atoms with Crippen molar-refractivity contribution in [3.63, 3.8) is 0 Å². The van der Waals surface area contributed by atoms with E-state index in [0.717, 1.165) is 43.4 Å². The van der Waals surface area contributed by atoms with Crippen LogP contribution in [0, 0.1) is 5.92 Å². The van der Waals surface area contributed by atoms with Crippen LogP contribution in [0.25, 0.3) is 0 Å². The average molecular weight is 1200 g/mol. The standard InChI is InChI=1S/C54H89N11O19/c1-29(2)17-12-10-8-6-4-5-7-9-11-13-18-31-27-37(69)60-38(30(3)67)50(78)64-25-16-21-35(64)49(77)63-24-15-20-34(63)45(73)58-32(19-14-23-57-54(55)56)44(72)61-39(42(70)51(79)80)46(74)59-33(28-66)48(76)65-26-22-36(68)41(65)47(75)62-40(53(83)84-31)43(71)52(81)82/h29-36,38-43,66-68,70-71H,4-28H2,1-3H3,(H,58,73)(H,59,74)(H,60,69)(H,61,72)(H,62,75)(H,79,80)(H,81,82)(H4,55,56,57). The van der Waals surface area contributed by atoms with Crippen LogP contribution >= 0.6 is 0 Å². The van der Waals surface area contributed by atoms with E-state index in [1.54, 1.807) is 0 Å². The third-order valence-corrected chi connectivity index (χ3v) is 15.5. The Kier molecular flexibility index (Phi) is 28.4. The number of fused-ring (bicyclic) bond motifs is 3. The van der Waals surface area contributed by atoms with Gasteiger partial charge in [-0.25, -0.2) is 14.4 Å². The van der Waals surface area contributed by atoms with Crippen LogP contribution in [-0.2, 0) is 57.5 Å². The van der Waals surface area contributed by atoms with Gasteiger partial charge in [-0.1, -0.05) is 78.1 Å². The molecule has 4 heterocycles. The molecule has 13 atom stereocenters. The molecular weight excluding hydrogens is 1110 g/mol. The second-order valence-electron chi connectivity index (χ2n) is 22.6. The third-order valence-electron chi connectivity index (χ3n) is 15.5. The summed E-state index contributed by atoms with van der Waals surface area (Å²) in [6, 6.07) is -14.9. The lowest BCUT2D eigenvalue weighted by atomic mass is 10.0. The summed E-state index contributed by atoms with van der Waals surface area (Å²) in [5, 5.41) is 85.0. The lowest BCUT2D eigenvalue weighted by Gasteiger charge is -2.34. The van der Waals surface area contributed by atoms with Crippen LogP contribution in [0.2, 0.25) is 0 Å². The minimum Gasteiger partial charge on any atom is -0.479 e. The molecular formula is C54H89N11O19. The van der Waals surface area contributed by atoms with Gasteiger partial charge in [0.05, 0.1) is 25.2 Å². The zero-order valence-electron chi connectivity index (χ0n) is 48.2. The van der Waals surface area contributed by atoms with E-state index < -0.39 is 164 Å². The highest BCUT2D eigenvalue weighted by atomic mass is 16.5. The van der Waals surface area contributed by atoms with Crippen LogP contribution < -0.4 is 38.1 Å². The maximum Gasteiger partial charge on any atom is 0.335 e. The number of unbranched alkanes of at least 4 members (excludes halogenated alkanes) is 9. The smallest absolute Gasteiger partial charge is 0.335 e. The molecule has 4 fully saturated rings. The maximum atomic E-state index is 14.5. The number of cyclic esters (lactones) is 1. The van der Waals surface area contributed by atoms with Crippen molar-refractivity contribution in [3.8, 4) is 0 Å². The topological polar surface area (TPSA) is 473 Å². The molecule has 16 N–H and O–H groups in total. The number of guanidine groups is 1. The van der Waals surface area contributed by atoms with Gasteiger partial charge in [0, 0.05) is 26.2 Å². The number of nitrogens with zero attached hydrogens (tertiary/aromatic N) is 4. The highest BCUT2D eigenvalue weighted by Gasteiger charge is 2.48. The summed E-state index contributed by atoms with van der Waals surface area (Å²) in [4.78, 5) is 159. The lowest BCUT2D eigenvalue weighted by molar-refractivity contribution is -0.165. The number of nitrogens with one attached hydrogen (secondary N) is 5. The van der Waals surface area contributed by atoms with Gasteiger partial charge in [-0.3, -0.25) is 43.3 Å². The number of hydrogen-bond donors (Lipinski definition) is 14.